The van der Waals surface area contributed by atoms with E-state index in [2.05, 4.69) is 15.4 Å². The molecule has 0 aliphatic heterocycles. The molecule has 0 bridgehead atoms. The molecule has 0 spiro atoms. The topological polar surface area (TPSA) is 86.1 Å². The Labute approximate surface area is 142 Å². The summed E-state index contributed by atoms with van der Waals surface area (Å²) in [7, 11) is 3.09. The molecule has 7 nitrogen and oxygen atoms in total. The second-order valence-electron chi connectivity index (χ2n) is 5.27. The molecule has 8 heteroatoms. The number of anilines is 1. The summed E-state index contributed by atoms with van der Waals surface area (Å²) in [5, 5.41) is 7.59. The van der Waals surface area contributed by atoms with Crippen molar-refractivity contribution in [2.75, 3.05) is 12.4 Å². The van der Waals surface area contributed by atoms with Crippen LogP contribution in [0.3, 0.4) is 0 Å². The molecule has 0 saturated heterocycles. The number of hydrogen-bond acceptors (Lipinski definition) is 6. The Hall–Kier alpha value is -2.74. The second-order valence-corrected chi connectivity index (χ2v) is 6.27. The molecule has 1 N–H and O–H groups in total. The first-order valence-corrected chi connectivity index (χ1v) is 8.06. The Morgan fingerprint density at radius 3 is 2.79 bits per heavy atom. The highest BCUT2D eigenvalue weighted by Crippen LogP contribution is 2.35. The Morgan fingerprint density at radius 1 is 1.33 bits per heavy atom. The number of hydrogen-bond donors (Lipinski definition) is 1. The van der Waals surface area contributed by atoms with E-state index in [1.165, 1.54) is 18.4 Å². The van der Waals surface area contributed by atoms with Crippen LogP contribution in [-0.4, -0.2) is 33.8 Å². The van der Waals surface area contributed by atoms with Crippen LogP contribution in [0.25, 0.3) is 10.2 Å². The molecule has 124 valence electrons. The van der Waals surface area contributed by atoms with Crippen LogP contribution in [-0.2, 0) is 23.0 Å². The second kappa shape index (κ2) is 6.40. The van der Waals surface area contributed by atoms with Crippen LogP contribution in [0, 0.1) is 6.92 Å². The van der Waals surface area contributed by atoms with Gasteiger partial charge in [0.05, 0.1) is 19.2 Å². The summed E-state index contributed by atoms with van der Waals surface area (Å²) >= 11 is 1.21. The van der Waals surface area contributed by atoms with Crippen LogP contribution in [0.2, 0.25) is 0 Å². The van der Waals surface area contributed by atoms with Gasteiger partial charge in [0.25, 0.3) is 0 Å². The van der Waals surface area contributed by atoms with Crippen molar-refractivity contribution >= 4 is 39.1 Å². The number of methoxy groups -OCH3 is 1. The normalized spacial score (nSPS) is 10.8. The molecule has 0 radical (unpaired) electrons. The highest BCUT2D eigenvalue weighted by atomic mass is 32.1. The number of aromatic nitrogens is 3. The van der Waals surface area contributed by atoms with Gasteiger partial charge in [0.15, 0.2) is 0 Å². The number of nitrogens with zero attached hydrogens (tertiary/aromatic N) is 3. The van der Waals surface area contributed by atoms with Crippen LogP contribution in [0.1, 0.15) is 21.1 Å². The van der Waals surface area contributed by atoms with Gasteiger partial charge in [0, 0.05) is 30.0 Å². The van der Waals surface area contributed by atoms with E-state index < -0.39 is 5.97 Å². The van der Waals surface area contributed by atoms with Crippen LogP contribution < -0.4 is 5.32 Å². The lowest BCUT2D eigenvalue weighted by atomic mass is 10.2. The predicted octanol–water partition coefficient (Wildman–Crippen LogP) is 2.31. The number of carbonyl (C=O) groups excluding carboxylic acids is 2. The quantitative estimate of drug-likeness (QED) is 0.734. The number of aryl methyl sites for hydroxylation is 2. The van der Waals surface area contributed by atoms with Crippen molar-refractivity contribution in [2.45, 2.75) is 13.3 Å². The fourth-order valence-electron chi connectivity index (χ4n) is 2.35. The van der Waals surface area contributed by atoms with Crippen LogP contribution in [0.15, 0.2) is 24.4 Å². The molecule has 1 amide bonds. The summed E-state index contributed by atoms with van der Waals surface area (Å²) < 4.78 is 6.46. The van der Waals surface area contributed by atoms with Gasteiger partial charge in [-0.15, -0.1) is 11.3 Å². The van der Waals surface area contributed by atoms with E-state index >= 15 is 0 Å². The zero-order valence-electron chi connectivity index (χ0n) is 13.5. The predicted molar refractivity (Wildman–Crippen MR) is 91.2 cm³/mol. The molecule has 3 heterocycles. The number of fused-ring (bicyclic) bond motifs is 1. The average Bonchev–Trinajstić information content (AvgIpc) is 3.10. The first-order chi connectivity index (χ1) is 11.5. The number of nitrogens with one attached hydrogen (secondary N) is 1. The summed E-state index contributed by atoms with van der Waals surface area (Å²) in [6.07, 6.45) is 1.79. The van der Waals surface area contributed by atoms with E-state index in [1.54, 1.807) is 24.0 Å². The third-order valence-corrected chi connectivity index (χ3v) is 4.67. The lowest BCUT2D eigenvalue weighted by Gasteiger charge is -2.07. The van der Waals surface area contributed by atoms with Crippen LogP contribution in [0.4, 0.5) is 5.69 Å². The first-order valence-electron chi connectivity index (χ1n) is 7.24. The maximum absolute atomic E-state index is 12.4. The largest absolute Gasteiger partial charge is 0.465 e. The third-order valence-electron chi connectivity index (χ3n) is 3.59. The van der Waals surface area contributed by atoms with Crippen molar-refractivity contribution in [3.8, 4) is 0 Å². The zero-order valence-corrected chi connectivity index (χ0v) is 14.3. The van der Waals surface area contributed by atoms with Gasteiger partial charge >= 0.3 is 5.97 Å². The fraction of sp³-hybridized carbons (Fsp3) is 0.250. The molecule has 0 saturated carbocycles. The number of thiophene rings is 1. The van der Waals surface area contributed by atoms with Crippen LogP contribution in [0.5, 0.6) is 0 Å². The summed E-state index contributed by atoms with van der Waals surface area (Å²) in [5.74, 6) is -0.726. The Kier molecular flexibility index (Phi) is 4.30. The SMILES string of the molecule is COC(=O)c1sc2nc(C)ccc2c1NC(=O)Cc1ccnn1C. The minimum atomic E-state index is -0.494. The molecule has 3 aromatic rings. The van der Waals surface area contributed by atoms with Crippen molar-refractivity contribution in [1.29, 1.82) is 0 Å². The van der Waals surface area contributed by atoms with Gasteiger partial charge in [0.1, 0.15) is 9.71 Å². The lowest BCUT2D eigenvalue weighted by Crippen LogP contribution is -2.17. The van der Waals surface area contributed by atoms with Gasteiger partial charge < -0.3 is 10.1 Å². The van der Waals surface area contributed by atoms with Crippen molar-refractivity contribution in [2.24, 2.45) is 7.05 Å². The lowest BCUT2D eigenvalue weighted by molar-refractivity contribution is -0.115. The molecule has 0 unspecified atom stereocenters. The molecule has 0 aromatic carbocycles. The van der Waals surface area contributed by atoms with Gasteiger partial charge in [-0.1, -0.05) is 0 Å². The minimum Gasteiger partial charge on any atom is -0.465 e. The Balaban J connectivity index is 1.96. The number of esters is 1. The highest BCUT2D eigenvalue weighted by molar-refractivity contribution is 7.21. The van der Waals surface area contributed by atoms with E-state index in [4.69, 9.17) is 4.74 Å². The monoisotopic (exact) mass is 344 g/mol. The van der Waals surface area contributed by atoms with Gasteiger partial charge in [-0.05, 0) is 25.1 Å². The van der Waals surface area contributed by atoms with Crippen molar-refractivity contribution in [3.05, 3.63) is 40.7 Å². The van der Waals surface area contributed by atoms with Crippen molar-refractivity contribution in [1.82, 2.24) is 14.8 Å². The molecular weight excluding hydrogens is 328 g/mol. The Bertz CT molecular complexity index is 929. The fourth-order valence-corrected chi connectivity index (χ4v) is 3.45. The maximum Gasteiger partial charge on any atom is 0.350 e. The van der Waals surface area contributed by atoms with Crippen molar-refractivity contribution in [3.63, 3.8) is 0 Å². The van der Waals surface area contributed by atoms with Gasteiger partial charge in [-0.2, -0.15) is 5.10 Å². The smallest absolute Gasteiger partial charge is 0.350 e. The van der Waals surface area contributed by atoms with E-state index in [0.29, 0.717) is 15.4 Å². The van der Waals surface area contributed by atoms with Gasteiger partial charge in [0.2, 0.25) is 5.91 Å². The number of carbonyl (C=O) groups is 2. The standard InChI is InChI=1S/C16H16N4O3S/c1-9-4-5-11-13(14(16(22)23-3)24-15(11)18-9)19-12(21)8-10-6-7-17-20(10)2/h4-7H,8H2,1-3H3,(H,19,21). The molecule has 0 aliphatic rings. The molecular formula is C16H16N4O3S. The van der Waals surface area contributed by atoms with Crippen molar-refractivity contribution < 1.29 is 14.3 Å². The maximum atomic E-state index is 12.4. The molecule has 3 rings (SSSR count). The van der Waals surface area contributed by atoms with E-state index in [9.17, 15) is 9.59 Å². The van der Waals surface area contributed by atoms with E-state index in [1.807, 2.05) is 19.1 Å². The number of rotatable bonds is 4. The van der Waals surface area contributed by atoms with Gasteiger partial charge in [-0.3, -0.25) is 9.48 Å². The molecule has 0 aliphatic carbocycles. The molecule has 0 fully saturated rings. The highest BCUT2D eigenvalue weighted by Gasteiger charge is 2.22. The Morgan fingerprint density at radius 2 is 2.12 bits per heavy atom. The van der Waals surface area contributed by atoms with Gasteiger partial charge in [-0.25, -0.2) is 9.78 Å². The summed E-state index contributed by atoms with van der Waals surface area (Å²) in [6.45, 7) is 1.87. The third kappa shape index (κ3) is 3.00. The van der Waals surface area contributed by atoms with E-state index in [0.717, 1.165) is 16.8 Å². The minimum absolute atomic E-state index is 0.160. The van der Waals surface area contributed by atoms with Crippen LogP contribution >= 0.6 is 11.3 Å². The molecule has 24 heavy (non-hydrogen) atoms. The van der Waals surface area contributed by atoms with E-state index in [-0.39, 0.29) is 12.3 Å². The summed E-state index contributed by atoms with van der Waals surface area (Å²) in [6, 6.07) is 5.46. The first kappa shape index (κ1) is 16.1. The molecule has 3 aromatic heterocycles. The average molecular weight is 344 g/mol. The summed E-state index contributed by atoms with van der Waals surface area (Å²) in [5.41, 5.74) is 2.06. The number of ether oxygens (including phenoxy) is 1. The number of pyridine rings is 1. The summed E-state index contributed by atoms with van der Waals surface area (Å²) in [4.78, 5) is 29.9. The molecule has 0 atom stereocenters. The number of amides is 1. The zero-order chi connectivity index (χ0) is 17.3.